The van der Waals surface area contributed by atoms with Crippen LogP contribution >= 0.6 is 7.82 Å². The molecule has 0 rings (SSSR count). The Labute approximate surface area is 332 Å². The van der Waals surface area contributed by atoms with Gasteiger partial charge in [0.25, 0.3) is 0 Å². The van der Waals surface area contributed by atoms with E-state index in [2.05, 4.69) is 38.2 Å². The van der Waals surface area contributed by atoms with Crippen molar-refractivity contribution in [1.29, 1.82) is 0 Å². The predicted octanol–water partition coefficient (Wildman–Crippen LogP) is 12.3. The Morgan fingerprint density at radius 1 is 0.574 bits per heavy atom. The van der Waals surface area contributed by atoms with E-state index in [0.717, 1.165) is 38.5 Å². The van der Waals surface area contributed by atoms with E-state index in [1.807, 2.05) is 0 Å². The summed E-state index contributed by atoms with van der Waals surface area (Å²) >= 11 is 0. The molecular weight excluding hydrogens is 703 g/mol. The van der Waals surface area contributed by atoms with Crippen LogP contribution in [0.3, 0.4) is 0 Å². The molecular formula is C44H85O9P. The molecule has 0 aromatic carbocycles. The SMILES string of the molecule is CCCCC/C=C\C/C=C\CCCCCCCCCCCC(=O)O[C@H](COCCCCCCCCCCCCCCCC)COP(=O)(O)OC[C@@H](O)CO. The number of aliphatic hydroxyl groups is 2. The van der Waals surface area contributed by atoms with Crippen LogP contribution in [0.2, 0.25) is 0 Å². The Morgan fingerprint density at radius 2 is 1.00 bits per heavy atom. The molecule has 0 aromatic heterocycles. The zero-order chi connectivity index (χ0) is 39.6. The minimum Gasteiger partial charge on any atom is -0.457 e. The van der Waals surface area contributed by atoms with Crippen molar-refractivity contribution in [3.8, 4) is 0 Å². The zero-order valence-electron chi connectivity index (χ0n) is 35.0. The lowest BCUT2D eigenvalue weighted by molar-refractivity contribution is -0.154. The first-order chi connectivity index (χ1) is 26.3. The van der Waals surface area contributed by atoms with Crippen LogP contribution in [0, 0.1) is 0 Å². The summed E-state index contributed by atoms with van der Waals surface area (Å²) in [6.07, 6.45) is 42.7. The second kappa shape index (κ2) is 41.6. The number of ether oxygens (including phenoxy) is 2. The number of phosphoric acid groups is 1. The van der Waals surface area contributed by atoms with Crippen molar-refractivity contribution < 1.29 is 43.0 Å². The summed E-state index contributed by atoms with van der Waals surface area (Å²) in [5.41, 5.74) is 0. The predicted molar refractivity (Wildman–Crippen MR) is 224 cm³/mol. The van der Waals surface area contributed by atoms with Crippen molar-refractivity contribution in [1.82, 2.24) is 0 Å². The monoisotopic (exact) mass is 789 g/mol. The molecule has 0 saturated carbocycles. The van der Waals surface area contributed by atoms with Gasteiger partial charge in [-0.05, 0) is 44.9 Å². The lowest BCUT2D eigenvalue weighted by atomic mass is 10.0. The molecule has 0 aliphatic heterocycles. The highest BCUT2D eigenvalue weighted by molar-refractivity contribution is 7.47. The van der Waals surface area contributed by atoms with Crippen LogP contribution in [0.1, 0.15) is 206 Å². The summed E-state index contributed by atoms with van der Waals surface area (Å²) in [6, 6.07) is 0. The maximum absolute atomic E-state index is 12.6. The van der Waals surface area contributed by atoms with Gasteiger partial charge in [0.15, 0.2) is 0 Å². The first-order valence-corrected chi connectivity index (χ1v) is 23.8. The Hall–Kier alpha value is -1.06. The molecule has 0 aromatic rings. The number of esters is 1. The van der Waals surface area contributed by atoms with Gasteiger partial charge in [-0.3, -0.25) is 13.8 Å². The van der Waals surface area contributed by atoms with Crippen molar-refractivity contribution in [2.75, 3.05) is 33.0 Å². The van der Waals surface area contributed by atoms with Crippen LogP contribution in [-0.2, 0) is 27.9 Å². The smallest absolute Gasteiger partial charge is 0.457 e. The molecule has 0 fully saturated rings. The third-order valence-electron chi connectivity index (χ3n) is 9.64. The Bertz CT molecular complexity index is 897. The van der Waals surface area contributed by atoms with Crippen molar-refractivity contribution >= 4 is 13.8 Å². The fourth-order valence-corrected chi connectivity index (χ4v) is 7.00. The van der Waals surface area contributed by atoms with Gasteiger partial charge in [0.2, 0.25) is 0 Å². The van der Waals surface area contributed by atoms with E-state index in [0.29, 0.717) is 6.61 Å². The van der Waals surface area contributed by atoms with E-state index in [1.54, 1.807) is 0 Å². The van der Waals surface area contributed by atoms with Crippen LogP contribution in [0.4, 0.5) is 0 Å². The van der Waals surface area contributed by atoms with E-state index in [1.165, 1.54) is 148 Å². The minimum atomic E-state index is -4.51. The molecule has 0 bridgehead atoms. The number of carbonyl (C=O) groups is 1. The molecule has 320 valence electrons. The highest BCUT2D eigenvalue weighted by Gasteiger charge is 2.26. The molecule has 0 saturated heterocycles. The van der Waals surface area contributed by atoms with Gasteiger partial charge in [-0.2, -0.15) is 0 Å². The molecule has 3 atom stereocenters. The highest BCUT2D eigenvalue weighted by Crippen LogP contribution is 2.43. The Morgan fingerprint density at radius 3 is 1.52 bits per heavy atom. The third-order valence-corrected chi connectivity index (χ3v) is 10.6. The number of hydrogen-bond acceptors (Lipinski definition) is 8. The second-order valence-electron chi connectivity index (χ2n) is 15.1. The normalized spacial score (nSPS) is 14.2. The average molecular weight is 789 g/mol. The summed E-state index contributed by atoms with van der Waals surface area (Å²) < 4.78 is 33.4. The Kier molecular flexibility index (Phi) is 40.8. The van der Waals surface area contributed by atoms with E-state index in [9.17, 15) is 19.4 Å². The van der Waals surface area contributed by atoms with Crippen LogP contribution in [0.25, 0.3) is 0 Å². The van der Waals surface area contributed by atoms with Gasteiger partial charge in [-0.1, -0.05) is 179 Å². The lowest BCUT2D eigenvalue weighted by Crippen LogP contribution is -2.29. The largest absolute Gasteiger partial charge is 0.472 e. The lowest BCUT2D eigenvalue weighted by Gasteiger charge is -2.20. The quantitative estimate of drug-likeness (QED) is 0.0239. The van der Waals surface area contributed by atoms with Crippen LogP contribution < -0.4 is 0 Å². The fraction of sp³-hybridized carbons (Fsp3) is 0.886. The first kappa shape index (κ1) is 52.9. The molecule has 10 heteroatoms. The summed E-state index contributed by atoms with van der Waals surface area (Å²) in [4.78, 5) is 22.6. The van der Waals surface area contributed by atoms with Gasteiger partial charge in [-0.25, -0.2) is 4.57 Å². The maximum Gasteiger partial charge on any atom is 0.472 e. The molecule has 0 aliphatic rings. The summed E-state index contributed by atoms with van der Waals surface area (Å²) in [6.45, 7) is 3.52. The minimum absolute atomic E-state index is 0.0519. The standard InChI is InChI=1S/C44H85O9P/c1-3-5-7-9-11-13-15-17-19-20-21-22-23-24-26-28-30-32-34-36-44(47)53-43(41-52-54(48,49)51-39-42(46)38-45)40-50-37-35-33-31-29-27-25-18-16-14-12-10-8-6-4-2/h11,13,17,19,42-43,45-46H,3-10,12,14-16,18,20-41H2,1-2H3,(H,48,49)/b13-11-,19-17-/t42-,43+/m0/s1. The molecule has 0 heterocycles. The van der Waals surface area contributed by atoms with Gasteiger partial charge in [-0.15, -0.1) is 0 Å². The van der Waals surface area contributed by atoms with Crippen molar-refractivity contribution in [3.05, 3.63) is 24.3 Å². The number of rotatable bonds is 43. The number of hydrogen-bond donors (Lipinski definition) is 3. The van der Waals surface area contributed by atoms with E-state index in [4.69, 9.17) is 23.6 Å². The van der Waals surface area contributed by atoms with Crippen molar-refractivity contribution in [2.45, 2.75) is 219 Å². The molecule has 1 unspecified atom stereocenters. The van der Waals surface area contributed by atoms with Crippen LogP contribution in [0.15, 0.2) is 24.3 Å². The second-order valence-corrected chi connectivity index (χ2v) is 16.5. The van der Waals surface area contributed by atoms with E-state index < -0.39 is 33.2 Å². The van der Waals surface area contributed by atoms with Gasteiger partial charge in [0.05, 0.1) is 26.4 Å². The Balaban J connectivity index is 4.13. The maximum atomic E-state index is 12.6. The number of allylic oxidation sites excluding steroid dienone is 4. The molecule has 0 aliphatic carbocycles. The summed E-state index contributed by atoms with van der Waals surface area (Å²) in [5.74, 6) is -0.384. The molecule has 0 radical (unpaired) electrons. The van der Waals surface area contributed by atoms with Gasteiger partial charge >= 0.3 is 13.8 Å². The van der Waals surface area contributed by atoms with Crippen LogP contribution in [0.5, 0.6) is 0 Å². The summed E-state index contributed by atoms with van der Waals surface area (Å²) in [5, 5.41) is 18.3. The molecule has 9 nitrogen and oxygen atoms in total. The average Bonchev–Trinajstić information content (AvgIpc) is 3.16. The fourth-order valence-electron chi connectivity index (χ4n) is 6.21. The van der Waals surface area contributed by atoms with Gasteiger partial charge < -0.3 is 24.6 Å². The molecule has 54 heavy (non-hydrogen) atoms. The number of carbonyl (C=O) groups excluding carboxylic acids is 1. The molecule has 0 amide bonds. The first-order valence-electron chi connectivity index (χ1n) is 22.3. The van der Waals surface area contributed by atoms with Gasteiger partial charge in [0, 0.05) is 13.0 Å². The number of phosphoric ester groups is 1. The van der Waals surface area contributed by atoms with Crippen LogP contribution in [-0.4, -0.2) is 66.3 Å². The molecule has 0 spiro atoms. The van der Waals surface area contributed by atoms with Gasteiger partial charge in [0.1, 0.15) is 12.2 Å². The number of unbranched alkanes of at least 4 members (excludes halogenated alkanes) is 25. The zero-order valence-corrected chi connectivity index (χ0v) is 35.8. The third kappa shape index (κ3) is 40.6. The van der Waals surface area contributed by atoms with E-state index >= 15 is 0 Å². The summed E-state index contributed by atoms with van der Waals surface area (Å²) in [7, 11) is -4.51. The van der Waals surface area contributed by atoms with Crippen molar-refractivity contribution in [3.63, 3.8) is 0 Å². The topological polar surface area (TPSA) is 132 Å². The highest BCUT2D eigenvalue weighted by atomic mass is 31.2. The van der Waals surface area contributed by atoms with E-state index in [-0.39, 0.29) is 25.6 Å². The number of aliphatic hydroxyl groups excluding tert-OH is 2. The molecule has 3 N–H and O–H groups in total. The van der Waals surface area contributed by atoms with Crippen molar-refractivity contribution in [2.24, 2.45) is 0 Å².